The monoisotopic (exact) mass is 195 g/mol. The Kier molecular flexibility index (Phi) is 2.73. The van der Waals surface area contributed by atoms with Gasteiger partial charge in [0.25, 0.3) is 0 Å². The molecule has 70 valence electrons. The number of hydrogen-bond donors (Lipinski definition) is 3. The van der Waals surface area contributed by atoms with E-state index in [9.17, 15) is 0 Å². The van der Waals surface area contributed by atoms with Gasteiger partial charge in [-0.05, 0) is 6.07 Å². The Morgan fingerprint density at radius 1 is 1.38 bits per heavy atom. The van der Waals surface area contributed by atoms with Crippen molar-refractivity contribution in [3.63, 3.8) is 0 Å². The highest BCUT2D eigenvalue weighted by molar-refractivity contribution is 7.71. The summed E-state index contributed by atoms with van der Waals surface area (Å²) in [5.41, 5.74) is 1.18. The number of H-pyrrole nitrogens is 1. The summed E-state index contributed by atoms with van der Waals surface area (Å²) in [5, 5.41) is 6.76. The predicted molar refractivity (Wildman–Crippen MR) is 55.2 cm³/mol. The van der Waals surface area contributed by atoms with Crippen molar-refractivity contribution in [2.45, 2.75) is 6.04 Å². The highest BCUT2D eigenvalue weighted by Crippen LogP contribution is 2.13. The van der Waals surface area contributed by atoms with Crippen molar-refractivity contribution in [3.8, 4) is 0 Å². The maximum absolute atomic E-state index is 5.21. The molecule has 0 radical (unpaired) electrons. The molecule has 0 unspecified atom stereocenters. The number of hydrogen-bond acceptors (Lipinski definition) is 3. The molecule has 3 nitrogen and oxygen atoms in total. The van der Waals surface area contributed by atoms with E-state index in [0.717, 1.165) is 24.3 Å². The van der Waals surface area contributed by atoms with E-state index in [-0.39, 0.29) is 0 Å². The van der Waals surface area contributed by atoms with Crippen molar-refractivity contribution >= 4 is 12.2 Å². The smallest absolute Gasteiger partial charge is 0.108 e. The Bertz CT molecular complexity index is 328. The third kappa shape index (κ3) is 1.96. The minimum atomic E-state index is 0.360. The molecule has 0 aliphatic carbocycles. The van der Waals surface area contributed by atoms with Gasteiger partial charge in [0.1, 0.15) is 4.64 Å². The molecule has 1 aliphatic rings. The first-order valence-electron chi connectivity index (χ1n) is 4.49. The quantitative estimate of drug-likeness (QED) is 0.585. The van der Waals surface area contributed by atoms with E-state index in [0.29, 0.717) is 6.04 Å². The van der Waals surface area contributed by atoms with Gasteiger partial charge in [-0.1, -0.05) is 18.3 Å². The zero-order valence-corrected chi connectivity index (χ0v) is 8.16. The molecule has 4 heteroatoms. The second-order valence-electron chi connectivity index (χ2n) is 3.17. The van der Waals surface area contributed by atoms with Crippen LogP contribution in [-0.4, -0.2) is 24.6 Å². The summed E-state index contributed by atoms with van der Waals surface area (Å²) in [6.07, 6.45) is 1.86. The summed E-state index contributed by atoms with van der Waals surface area (Å²) in [6.45, 7) is 3.01. The van der Waals surface area contributed by atoms with Crippen molar-refractivity contribution in [1.82, 2.24) is 15.6 Å². The van der Waals surface area contributed by atoms with Gasteiger partial charge in [0.05, 0.1) is 0 Å². The van der Waals surface area contributed by atoms with E-state index in [4.69, 9.17) is 12.2 Å². The first-order valence-corrected chi connectivity index (χ1v) is 4.90. The average molecular weight is 195 g/mol. The largest absolute Gasteiger partial charge is 0.353 e. The molecule has 0 bridgehead atoms. The number of nitrogens with one attached hydrogen (secondary N) is 3. The fraction of sp³-hybridized carbons (Fsp3) is 0.444. The van der Waals surface area contributed by atoms with Crippen LogP contribution in [0.1, 0.15) is 11.6 Å². The molecule has 1 aromatic rings. The Balaban J connectivity index is 2.24. The van der Waals surface area contributed by atoms with Crippen molar-refractivity contribution < 1.29 is 0 Å². The summed E-state index contributed by atoms with van der Waals surface area (Å²) < 4.78 is 0.837. The molecular formula is C9H13N3S. The molecule has 1 saturated heterocycles. The minimum absolute atomic E-state index is 0.360. The maximum Gasteiger partial charge on any atom is 0.108 e. The minimum Gasteiger partial charge on any atom is -0.353 e. The second-order valence-corrected chi connectivity index (χ2v) is 3.57. The van der Waals surface area contributed by atoms with E-state index in [2.05, 4.69) is 21.7 Å². The van der Waals surface area contributed by atoms with Crippen molar-refractivity contribution in [3.05, 3.63) is 28.5 Å². The van der Waals surface area contributed by atoms with Crippen LogP contribution in [0, 0.1) is 4.64 Å². The summed E-state index contributed by atoms with van der Waals surface area (Å²) in [7, 11) is 0. The fourth-order valence-electron chi connectivity index (χ4n) is 1.58. The van der Waals surface area contributed by atoms with Gasteiger partial charge in [0.15, 0.2) is 0 Å². The van der Waals surface area contributed by atoms with Crippen molar-refractivity contribution in [1.29, 1.82) is 0 Å². The van der Waals surface area contributed by atoms with Gasteiger partial charge in [-0.3, -0.25) is 0 Å². The molecule has 0 spiro atoms. The van der Waals surface area contributed by atoms with Crippen LogP contribution >= 0.6 is 12.2 Å². The molecule has 3 N–H and O–H groups in total. The molecule has 0 saturated carbocycles. The Hall–Kier alpha value is -0.710. The molecule has 2 heterocycles. The van der Waals surface area contributed by atoms with Gasteiger partial charge >= 0.3 is 0 Å². The van der Waals surface area contributed by atoms with E-state index in [1.807, 2.05) is 12.3 Å². The highest BCUT2D eigenvalue weighted by Gasteiger charge is 2.14. The van der Waals surface area contributed by atoms with Crippen LogP contribution in [0.25, 0.3) is 0 Å². The predicted octanol–water partition coefficient (Wildman–Crippen LogP) is 0.978. The van der Waals surface area contributed by atoms with Crippen LogP contribution in [-0.2, 0) is 0 Å². The molecule has 1 fully saturated rings. The number of piperazine rings is 1. The third-order valence-electron chi connectivity index (χ3n) is 2.27. The van der Waals surface area contributed by atoms with E-state index in [1.165, 1.54) is 5.56 Å². The van der Waals surface area contributed by atoms with Gasteiger partial charge in [0, 0.05) is 37.4 Å². The maximum atomic E-state index is 5.21. The third-order valence-corrected chi connectivity index (χ3v) is 2.62. The zero-order valence-electron chi connectivity index (χ0n) is 7.34. The van der Waals surface area contributed by atoms with E-state index >= 15 is 0 Å². The van der Waals surface area contributed by atoms with Crippen LogP contribution in [0.4, 0.5) is 0 Å². The van der Waals surface area contributed by atoms with Gasteiger partial charge in [-0.25, -0.2) is 0 Å². The lowest BCUT2D eigenvalue weighted by atomic mass is 10.1. The lowest BCUT2D eigenvalue weighted by Gasteiger charge is -2.24. The van der Waals surface area contributed by atoms with Crippen LogP contribution in [0.3, 0.4) is 0 Å². The van der Waals surface area contributed by atoms with Gasteiger partial charge in [-0.2, -0.15) is 0 Å². The standard InChI is InChI=1S/C9H13N3S/c13-9-7(2-1-3-12-9)8-6-10-4-5-11-8/h1-3,8,10-11H,4-6H2,(H,12,13)/t8-/m0/s1. The average Bonchev–Trinajstić information content (AvgIpc) is 2.20. The number of aromatic amines is 1. The first-order chi connectivity index (χ1) is 6.38. The molecule has 1 aliphatic heterocycles. The lowest BCUT2D eigenvalue weighted by molar-refractivity contribution is 0.429. The Morgan fingerprint density at radius 3 is 3.00 bits per heavy atom. The topological polar surface area (TPSA) is 39.9 Å². The lowest BCUT2D eigenvalue weighted by Crippen LogP contribution is -2.42. The summed E-state index contributed by atoms with van der Waals surface area (Å²) in [6, 6.07) is 4.42. The molecular weight excluding hydrogens is 182 g/mol. The normalized spacial score (nSPS) is 22.9. The number of rotatable bonds is 1. The molecule has 0 aromatic carbocycles. The molecule has 0 amide bonds. The van der Waals surface area contributed by atoms with Gasteiger partial charge in [-0.15, -0.1) is 0 Å². The van der Waals surface area contributed by atoms with E-state index < -0.39 is 0 Å². The number of pyridine rings is 1. The van der Waals surface area contributed by atoms with Crippen LogP contribution in [0.15, 0.2) is 18.3 Å². The van der Waals surface area contributed by atoms with Gasteiger partial charge < -0.3 is 15.6 Å². The fourth-order valence-corrected chi connectivity index (χ4v) is 1.86. The van der Waals surface area contributed by atoms with Crippen LogP contribution in [0.2, 0.25) is 0 Å². The summed E-state index contributed by atoms with van der Waals surface area (Å²) in [4.78, 5) is 3.04. The first kappa shape index (κ1) is 8.87. The number of aromatic nitrogens is 1. The molecule has 2 rings (SSSR count). The second kappa shape index (κ2) is 4.00. The van der Waals surface area contributed by atoms with Gasteiger partial charge in [0.2, 0.25) is 0 Å². The molecule has 1 atom stereocenters. The van der Waals surface area contributed by atoms with Crippen molar-refractivity contribution in [2.75, 3.05) is 19.6 Å². The SMILES string of the molecule is S=c1[nH]cccc1[C@@H]1CNCCN1. The summed E-state index contributed by atoms with van der Waals surface area (Å²) in [5.74, 6) is 0. The van der Waals surface area contributed by atoms with E-state index in [1.54, 1.807) is 0 Å². The highest BCUT2D eigenvalue weighted by atomic mass is 32.1. The Labute approximate surface area is 82.6 Å². The summed E-state index contributed by atoms with van der Waals surface area (Å²) >= 11 is 5.21. The molecule has 1 aromatic heterocycles. The van der Waals surface area contributed by atoms with Crippen LogP contribution < -0.4 is 10.6 Å². The zero-order chi connectivity index (χ0) is 9.10. The van der Waals surface area contributed by atoms with Crippen molar-refractivity contribution in [2.24, 2.45) is 0 Å². The molecule has 13 heavy (non-hydrogen) atoms. The van der Waals surface area contributed by atoms with Crippen LogP contribution in [0.5, 0.6) is 0 Å². The Morgan fingerprint density at radius 2 is 2.31 bits per heavy atom.